The summed E-state index contributed by atoms with van der Waals surface area (Å²) in [6.45, 7) is 8.15. The highest BCUT2D eigenvalue weighted by atomic mass is 16.5. The van der Waals surface area contributed by atoms with E-state index < -0.39 is 18.3 Å². The summed E-state index contributed by atoms with van der Waals surface area (Å²) in [5.41, 5.74) is 2.47. The molecule has 2 amide bonds. The van der Waals surface area contributed by atoms with E-state index in [2.05, 4.69) is 20.9 Å². The lowest BCUT2D eigenvalue weighted by Gasteiger charge is -2.26. The van der Waals surface area contributed by atoms with Crippen molar-refractivity contribution in [3.05, 3.63) is 60.2 Å². The zero-order chi connectivity index (χ0) is 23.1. The second kappa shape index (κ2) is 10.7. The fourth-order valence-corrected chi connectivity index (χ4v) is 3.46. The summed E-state index contributed by atoms with van der Waals surface area (Å²) < 4.78 is 7.04. The largest absolute Gasteiger partial charge is 0.445 e. The van der Waals surface area contributed by atoms with Gasteiger partial charge in [-0.15, -0.1) is 5.10 Å². The van der Waals surface area contributed by atoms with Gasteiger partial charge in [0.05, 0.1) is 5.52 Å². The van der Waals surface area contributed by atoms with Crippen molar-refractivity contribution in [3.63, 3.8) is 0 Å². The number of benzene rings is 2. The van der Waals surface area contributed by atoms with Crippen molar-refractivity contribution in [2.24, 2.45) is 11.8 Å². The predicted molar refractivity (Wildman–Crippen MR) is 123 cm³/mol. The number of hydrogen-bond donors (Lipinski definition) is 2. The van der Waals surface area contributed by atoms with Crippen LogP contribution in [0.2, 0.25) is 0 Å². The van der Waals surface area contributed by atoms with E-state index in [0.717, 1.165) is 16.6 Å². The molecule has 0 radical (unpaired) electrons. The summed E-state index contributed by atoms with van der Waals surface area (Å²) in [6.07, 6.45) is -0.552. The monoisotopic (exact) mass is 437 g/mol. The molecule has 0 saturated carbocycles. The number of nitrogens with zero attached hydrogens (tertiary/aromatic N) is 3. The maximum atomic E-state index is 13.2. The van der Waals surface area contributed by atoms with E-state index >= 15 is 0 Å². The van der Waals surface area contributed by atoms with Crippen LogP contribution in [0.25, 0.3) is 11.0 Å². The van der Waals surface area contributed by atoms with Gasteiger partial charge in [0.1, 0.15) is 24.3 Å². The van der Waals surface area contributed by atoms with E-state index in [0.29, 0.717) is 6.42 Å². The minimum Gasteiger partial charge on any atom is -0.445 e. The lowest BCUT2D eigenvalue weighted by Crippen LogP contribution is -2.50. The number of rotatable bonds is 9. The van der Waals surface area contributed by atoms with Crippen LogP contribution in [0, 0.1) is 11.8 Å². The number of nitrogens with one attached hydrogen (secondary N) is 2. The normalized spacial score (nSPS) is 13.2. The summed E-state index contributed by atoms with van der Waals surface area (Å²) in [5.74, 6) is -0.0349. The average molecular weight is 438 g/mol. The van der Waals surface area contributed by atoms with Crippen molar-refractivity contribution in [1.82, 2.24) is 25.6 Å². The van der Waals surface area contributed by atoms with Crippen molar-refractivity contribution >= 4 is 23.0 Å². The summed E-state index contributed by atoms with van der Waals surface area (Å²) in [6, 6.07) is 16.3. The molecular weight excluding hydrogens is 406 g/mol. The molecule has 0 fully saturated rings. The number of para-hydroxylation sites is 1. The van der Waals surface area contributed by atoms with Crippen LogP contribution in [0.15, 0.2) is 54.6 Å². The van der Waals surface area contributed by atoms with Gasteiger partial charge >= 0.3 is 6.09 Å². The molecule has 3 aromatic rings. The highest BCUT2D eigenvalue weighted by molar-refractivity contribution is 5.86. The third-order valence-electron chi connectivity index (χ3n) is 5.09. The molecule has 32 heavy (non-hydrogen) atoms. The van der Waals surface area contributed by atoms with Crippen molar-refractivity contribution in [3.8, 4) is 0 Å². The number of carbonyl (C=O) groups is 2. The fourth-order valence-electron chi connectivity index (χ4n) is 3.46. The molecule has 1 aromatic heterocycles. The number of hydrogen-bond acceptors (Lipinski definition) is 5. The molecule has 8 heteroatoms. The zero-order valence-electron chi connectivity index (χ0n) is 19.0. The first-order valence-corrected chi connectivity index (χ1v) is 10.9. The number of amides is 2. The Morgan fingerprint density at radius 2 is 1.66 bits per heavy atom. The zero-order valence-corrected chi connectivity index (χ0v) is 19.0. The minimum absolute atomic E-state index is 0.0498. The standard InChI is InChI=1S/C24H31N5O3/c1-16(2)14-20(25-24(31)32-15-18-10-6-5-7-11-18)23(30)26-22(17(3)4)29-21-13-9-8-12-19(21)27-28-29/h5-13,16-17,20,22H,14-15H2,1-4H3,(H,25,31)(H,26,30). The first-order chi connectivity index (χ1) is 15.3. The third kappa shape index (κ3) is 6.06. The molecule has 0 aliphatic heterocycles. The molecule has 2 unspecified atom stereocenters. The first-order valence-electron chi connectivity index (χ1n) is 10.9. The van der Waals surface area contributed by atoms with Gasteiger partial charge < -0.3 is 15.4 Å². The Labute approximate surface area is 188 Å². The molecule has 8 nitrogen and oxygen atoms in total. The maximum absolute atomic E-state index is 13.2. The Morgan fingerprint density at radius 3 is 2.34 bits per heavy atom. The van der Waals surface area contributed by atoms with Crippen molar-refractivity contribution < 1.29 is 14.3 Å². The van der Waals surface area contributed by atoms with Crippen LogP contribution >= 0.6 is 0 Å². The smallest absolute Gasteiger partial charge is 0.408 e. The average Bonchev–Trinajstić information content (AvgIpc) is 3.19. The number of aromatic nitrogens is 3. The Kier molecular flexibility index (Phi) is 7.81. The highest BCUT2D eigenvalue weighted by Gasteiger charge is 2.28. The van der Waals surface area contributed by atoms with Gasteiger partial charge in [0, 0.05) is 0 Å². The van der Waals surface area contributed by atoms with E-state index in [1.54, 1.807) is 4.68 Å². The third-order valence-corrected chi connectivity index (χ3v) is 5.09. The van der Waals surface area contributed by atoms with E-state index in [-0.39, 0.29) is 24.3 Å². The Morgan fingerprint density at radius 1 is 0.969 bits per heavy atom. The maximum Gasteiger partial charge on any atom is 0.408 e. The molecule has 0 aliphatic rings. The summed E-state index contributed by atoms with van der Waals surface area (Å²) in [5, 5.41) is 14.2. The molecule has 2 atom stereocenters. The lowest BCUT2D eigenvalue weighted by molar-refractivity contribution is -0.125. The fraction of sp³-hybridized carbons (Fsp3) is 0.417. The molecule has 0 spiro atoms. The molecule has 2 aromatic carbocycles. The molecule has 170 valence electrons. The highest BCUT2D eigenvalue weighted by Crippen LogP contribution is 2.20. The molecule has 3 rings (SSSR count). The van der Waals surface area contributed by atoms with Crippen molar-refractivity contribution in [1.29, 1.82) is 0 Å². The van der Waals surface area contributed by atoms with Crippen LogP contribution in [0.5, 0.6) is 0 Å². The van der Waals surface area contributed by atoms with Crippen molar-refractivity contribution in [2.45, 2.75) is 52.9 Å². The SMILES string of the molecule is CC(C)CC(NC(=O)OCc1ccccc1)C(=O)NC(C(C)C)n1nnc2ccccc21. The number of alkyl carbamates (subject to hydrolysis) is 1. The molecular formula is C24H31N5O3. The van der Waals surface area contributed by atoms with Crippen LogP contribution < -0.4 is 10.6 Å². The number of carbonyl (C=O) groups excluding carboxylic acids is 2. The predicted octanol–water partition coefficient (Wildman–Crippen LogP) is 4.04. The second-order valence-electron chi connectivity index (χ2n) is 8.61. The quantitative estimate of drug-likeness (QED) is 0.526. The topological polar surface area (TPSA) is 98.1 Å². The lowest BCUT2D eigenvalue weighted by atomic mass is 10.0. The van der Waals surface area contributed by atoms with Crippen LogP contribution in [0.4, 0.5) is 4.79 Å². The Bertz CT molecular complexity index is 1030. The van der Waals surface area contributed by atoms with Gasteiger partial charge in [0.2, 0.25) is 5.91 Å². The molecule has 0 aliphatic carbocycles. The van der Waals surface area contributed by atoms with Crippen LogP contribution in [0.3, 0.4) is 0 Å². The molecule has 0 bridgehead atoms. The van der Waals surface area contributed by atoms with Gasteiger partial charge in [-0.2, -0.15) is 0 Å². The van der Waals surface area contributed by atoms with Gasteiger partial charge in [0.25, 0.3) is 0 Å². The minimum atomic E-state index is -0.727. The molecule has 2 N–H and O–H groups in total. The van der Waals surface area contributed by atoms with E-state index in [1.807, 2.05) is 82.3 Å². The van der Waals surface area contributed by atoms with Gasteiger partial charge in [0.15, 0.2) is 0 Å². The number of ether oxygens (including phenoxy) is 1. The van der Waals surface area contributed by atoms with Crippen molar-refractivity contribution in [2.75, 3.05) is 0 Å². The molecule has 1 heterocycles. The van der Waals surface area contributed by atoms with E-state index in [4.69, 9.17) is 4.74 Å². The first kappa shape index (κ1) is 23.2. The summed E-state index contributed by atoms with van der Waals surface area (Å²) in [4.78, 5) is 25.6. The van der Waals surface area contributed by atoms with Gasteiger partial charge in [-0.1, -0.05) is 75.4 Å². The van der Waals surface area contributed by atoms with Crippen LogP contribution in [-0.2, 0) is 16.1 Å². The summed E-state index contributed by atoms with van der Waals surface area (Å²) >= 11 is 0. The molecule has 0 saturated heterocycles. The summed E-state index contributed by atoms with van der Waals surface area (Å²) in [7, 11) is 0. The van der Waals surface area contributed by atoms with Crippen LogP contribution in [-0.4, -0.2) is 33.0 Å². The van der Waals surface area contributed by atoms with E-state index in [9.17, 15) is 9.59 Å². The van der Waals surface area contributed by atoms with Crippen LogP contribution in [0.1, 0.15) is 45.8 Å². The second-order valence-corrected chi connectivity index (χ2v) is 8.61. The van der Waals surface area contributed by atoms with Gasteiger partial charge in [-0.05, 0) is 36.0 Å². The van der Waals surface area contributed by atoms with E-state index in [1.165, 1.54) is 0 Å². The Balaban J connectivity index is 1.70. The Hall–Kier alpha value is -3.42. The van der Waals surface area contributed by atoms with Gasteiger partial charge in [-0.3, -0.25) is 4.79 Å². The van der Waals surface area contributed by atoms with Gasteiger partial charge in [-0.25, -0.2) is 9.48 Å². The number of fused-ring (bicyclic) bond motifs is 1.